The Kier molecular flexibility index (Phi) is 3.85. The lowest BCUT2D eigenvalue weighted by molar-refractivity contribution is -0.144. The molecule has 2 fully saturated rings. The third-order valence-corrected chi connectivity index (χ3v) is 4.43. The molecule has 0 bridgehead atoms. The van der Waals surface area contributed by atoms with Crippen LogP contribution in [0.3, 0.4) is 0 Å². The number of ether oxygens (including phenoxy) is 2. The average Bonchev–Trinajstić information content (AvgIpc) is 2.89. The molecule has 1 aromatic carbocycles. The number of benzene rings is 1. The number of hydrogen-bond acceptors (Lipinski definition) is 2. The van der Waals surface area contributed by atoms with Crippen LogP contribution in [0, 0.1) is 5.82 Å². The van der Waals surface area contributed by atoms with E-state index in [0.717, 1.165) is 32.3 Å². The zero-order valence-electron chi connectivity index (χ0n) is 11.2. The zero-order chi connectivity index (χ0) is 13.1. The molecule has 104 valence electrons. The highest BCUT2D eigenvalue weighted by Gasteiger charge is 2.44. The van der Waals surface area contributed by atoms with Crippen LogP contribution in [0.1, 0.15) is 44.1 Å². The number of rotatable bonds is 3. The molecule has 1 aliphatic heterocycles. The summed E-state index contributed by atoms with van der Waals surface area (Å²) in [5.41, 5.74) is 0.560. The quantitative estimate of drug-likeness (QED) is 0.826. The zero-order valence-corrected chi connectivity index (χ0v) is 11.2. The predicted molar refractivity (Wildman–Crippen MR) is 71.4 cm³/mol. The molecule has 0 N–H and O–H groups in total. The molecule has 3 rings (SSSR count). The summed E-state index contributed by atoms with van der Waals surface area (Å²) in [7, 11) is 0. The SMILES string of the molecule is Fc1ccccc1COC1CCCCC12CCCO2. The molecule has 1 spiro atoms. The topological polar surface area (TPSA) is 18.5 Å². The Bertz CT molecular complexity index is 427. The molecular formula is C16H21FO2. The van der Waals surface area contributed by atoms with E-state index in [1.165, 1.54) is 18.9 Å². The first-order chi connectivity index (χ1) is 9.30. The normalized spacial score (nSPS) is 30.9. The monoisotopic (exact) mass is 264 g/mol. The molecule has 1 saturated carbocycles. The maximum absolute atomic E-state index is 13.6. The fraction of sp³-hybridized carbons (Fsp3) is 0.625. The van der Waals surface area contributed by atoms with Gasteiger partial charge in [0.2, 0.25) is 0 Å². The summed E-state index contributed by atoms with van der Waals surface area (Å²) >= 11 is 0. The second-order valence-electron chi connectivity index (χ2n) is 5.65. The van der Waals surface area contributed by atoms with Gasteiger partial charge in [0.05, 0.1) is 18.3 Å². The highest BCUT2D eigenvalue weighted by molar-refractivity contribution is 5.16. The Labute approximate surface area is 113 Å². The molecule has 1 aliphatic carbocycles. The van der Waals surface area contributed by atoms with Crippen molar-refractivity contribution in [2.24, 2.45) is 0 Å². The van der Waals surface area contributed by atoms with Crippen molar-refractivity contribution < 1.29 is 13.9 Å². The molecule has 1 aromatic rings. The van der Waals surface area contributed by atoms with Crippen LogP contribution in [0.5, 0.6) is 0 Å². The number of hydrogen-bond donors (Lipinski definition) is 0. The maximum Gasteiger partial charge on any atom is 0.128 e. The van der Waals surface area contributed by atoms with Crippen molar-refractivity contribution in [1.29, 1.82) is 0 Å². The molecule has 2 aliphatic rings. The van der Waals surface area contributed by atoms with Gasteiger partial charge in [-0.2, -0.15) is 0 Å². The summed E-state index contributed by atoms with van der Waals surface area (Å²) in [6.07, 6.45) is 6.88. The summed E-state index contributed by atoms with van der Waals surface area (Å²) in [5.74, 6) is -0.181. The first-order valence-electron chi connectivity index (χ1n) is 7.29. The maximum atomic E-state index is 13.6. The largest absolute Gasteiger partial charge is 0.372 e. The summed E-state index contributed by atoms with van der Waals surface area (Å²) in [6, 6.07) is 6.84. The van der Waals surface area contributed by atoms with Gasteiger partial charge in [-0.15, -0.1) is 0 Å². The molecule has 2 unspecified atom stereocenters. The molecule has 1 heterocycles. The second kappa shape index (κ2) is 5.59. The minimum Gasteiger partial charge on any atom is -0.372 e. The minimum absolute atomic E-state index is 0.0799. The third-order valence-electron chi connectivity index (χ3n) is 4.43. The van der Waals surface area contributed by atoms with E-state index in [-0.39, 0.29) is 17.5 Å². The van der Waals surface area contributed by atoms with Gasteiger partial charge < -0.3 is 9.47 Å². The Morgan fingerprint density at radius 2 is 2.05 bits per heavy atom. The van der Waals surface area contributed by atoms with Gasteiger partial charge in [0.25, 0.3) is 0 Å². The van der Waals surface area contributed by atoms with Gasteiger partial charge in [-0.3, -0.25) is 0 Å². The predicted octanol–water partition coefficient (Wildman–Crippen LogP) is 3.83. The van der Waals surface area contributed by atoms with E-state index in [1.807, 2.05) is 6.07 Å². The van der Waals surface area contributed by atoms with E-state index in [0.29, 0.717) is 12.2 Å². The van der Waals surface area contributed by atoms with Crippen LogP contribution in [0.25, 0.3) is 0 Å². The van der Waals surface area contributed by atoms with Crippen molar-refractivity contribution in [2.75, 3.05) is 6.61 Å². The average molecular weight is 264 g/mol. The van der Waals surface area contributed by atoms with Crippen molar-refractivity contribution in [2.45, 2.75) is 56.8 Å². The van der Waals surface area contributed by atoms with Crippen molar-refractivity contribution in [1.82, 2.24) is 0 Å². The fourth-order valence-corrected chi connectivity index (χ4v) is 3.39. The Morgan fingerprint density at radius 3 is 2.84 bits per heavy atom. The molecule has 0 radical (unpaired) electrons. The summed E-state index contributed by atoms with van der Waals surface area (Å²) in [4.78, 5) is 0. The lowest BCUT2D eigenvalue weighted by Gasteiger charge is -2.40. The summed E-state index contributed by atoms with van der Waals surface area (Å²) in [6.45, 7) is 1.20. The highest BCUT2D eigenvalue weighted by atomic mass is 19.1. The standard InChI is InChI=1S/C16H21FO2/c17-14-7-2-1-6-13(14)12-18-15-8-3-4-9-16(15)10-5-11-19-16/h1-2,6-7,15H,3-5,8-12H2. The van der Waals surface area contributed by atoms with Crippen LogP contribution in [-0.4, -0.2) is 18.3 Å². The van der Waals surface area contributed by atoms with Gasteiger partial charge in [0.1, 0.15) is 5.82 Å². The lowest BCUT2D eigenvalue weighted by Crippen LogP contribution is -2.45. The third kappa shape index (κ3) is 2.67. The van der Waals surface area contributed by atoms with Gasteiger partial charge in [-0.05, 0) is 31.7 Å². The van der Waals surface area contributed by atoms with E-state index in [2.05, 4.69) is 0 Å². The Balaban J connectivity index is 1.66. The van der Waals surface area contributed by atoms with Crippen LogP contribution < -0.4 is 0 Å². The van der Waals surface area contributed by atoms with E-state index in [1.54, 1.807) is 12.1 Å². The summed E-state index contributed by atoms with van der Waals surface area (Å²) in [5, 5.41) is 0. The highest BCUT2D eigenvalue weighted by Crippen LogP contribution is 2.41. The van der Waals surface area contributed by atoms with Gasteiger partial charge in [0.15, 0.2) is 0 Å². The molecule has 0 amide bonds. The van der Waals surface area contributed by atoms with Crippen molar-refractivity contribution >= 4 is 0 Å². The van der Waals surface area contributed by atoms with Gasteiger partial charge in [0, 0.05) is 12.2 Å². The van der Waals surface area contributed by atoms with E-state index >= 15 is 0 Å². The number of halogens is 1. The van der Waals surface area contributed by atoms with Crippen molar-refractivity contribution in [3.8, 4) is 0 Å². The van der Waals surface area contributed by atoms with E-state index < -0.39 is 0 Å². The van der Waals surface area contributed by atoms with Crippen molar-refractivity contribution in [3.05, 3.63) is 35.6 Å². The van der Waals surface area contributed by atoms with Crippen LogP contribution in [0.15, 0.2) is 24.3 Å². The smallest absolute Gasteiger partial charge is 0.128 e. The van der Waals surface area contributed by atoms with Crippen LogP contribution in [-0.2, 0) is 16.1 Å². The van der Waals surface area contributed by atoms with Gasteiger partial charge in [-0.25, -0.2) is 4.39 Å². The molecule has 2 nitrogen and oxygen atoms in total. The molecule has 3 heteroatoms. The van der Waals surface area contributed by atoms with Crippen molar-refractivity contribution in [3.63, 3.8) is 0 Å². The lowest BCUT2D eigenvalue weighted by atomic mass is 9.80. The second-order valence-corrected chi connectivity index (χ2v) is 5.65. The Morgan fingerprint density at radius 1 is 1.21 bits per heavy atom. The molecule has 0 aromatic heterocycles. The molecule has 19 heavy (non-hydrogen) atoms. The molecular weight excluding hydrogens is 243 g/mol. The van der Waals surface area contributed by atoms with E-state index in [4.69, 9.17) is 9.47 Å². The van der Waals surface area contributed by atoms with Gasteiger partial charge >= 0.3 is 0 Å². The van der Waals surface area contributed by atoms with Crippen LogP contribution in [0.4, 0.5) is 4.39 Å². The van der Waals surface area contributed by atoms with Crippen LogP contribution >= 0.6 is 0 Å². The first-order valence-corrected chi connectivity index (χ1v) is 7.29. The summed E-state index contributed by atoms with van der Waals surface area (Å²) < 4.78 is 25.6. The molecule has 1 saturated heterocycles. The minimum atomic E-state index is -0.181. The fourth-order valence-electron chi connectivity index (χ4n) is 3.39. The first kappa shape index (κ1) is 13.1. The van der Waals surface area contributed by atoms with Crippen LogP contribution in [0.2, 0.25) is 0 Å². The van der Waals surface area contributed by atoms with E-state index in [9.17, 15) is 4.39 Å². The molecule has 2 atom stereocenters. The van der Waals surface area contributed by atoms with Gasteiger partial charge in [-0.1, -0.05) is 31.0 Å². The Hall–Kier alpha value is -0.930.